The number of hydrogen-bond acceptors (Lipinski definition) is 16. The molecule has 55 heavy (non-hydrogen) atoms. The molecule has 0 aliphatic heterocycles. The summed E-state index contributed by atoms with van der Waals surface area (Å²) in [7, 11) is 0. The van der Waals surface area contributed by atoms with E-state index in [1.807, 2.05) is 45.5 Å². The molecule has 0 radical (unpaired) electrons. The van der Waals surface area contributed by atoms with Crippen molar-refractivity contribution in [2.75, 3.05) is 11.5 Å². The number of nitrogens with two attached hydrogens (primary N) is 4. The quantitative estimate of drug-likeness (QED) is 0.156. The molecule has 0 bridgehead atoms. The van der Waals surface area contributed by atoms with Crippen LogP contribution < -0.4 is 32.4 Å². The van der Waals surface area contributed by atoms with Gasteiger partial charge >= 0.3 is 0 Å². The first-order valence-corrected chi connectivity index (χ1v) is 16.4. The number of nitrogen functional groups attached to an aromatic ring is 2. The van der Waals surface area contributed by atoms with E-state index in [1.54, 1.807) is 69.8 Å². The van der Waals surface area contributed by atoms with E-state index < -0.39 is 23.5 Å². The highest BCUT2D eigenvalue weighted by atomic mass is 16.6. The van der Waals surface area contributed by atoms with Gasteiger partial charge in [-0.1, -0.05) is 0 Å². The molecule has 1 unspecified atom stereocenters. The summed E-state index contributed by atoms with van der Waals surface area (Å²) in [5.74, 6) is 1.12. The summed E-state index contributed by atoms with van der Waals surface area (Å²) in [5.41, 5.74) is 26.3. The highest BCUT2D eigenvalue weighted by Gasteiger charge is 2.27. The highest BCUT2D eigenvalue weighted by Crippen LogP contribution is 2.32. The molecule has 2 aromatic carbocycles. The van der Waals surface area contributed by atoms with Gasteiger partial charge in [-0.3, -0.25) is 28.7 Å². The number of benzene rings is 2. The SMILES string of the molecule is CC(C)(Oc1ccc(-n2c(-c3nonc3N)nc3cnccc32)cc1)C(N)=O.CC(Oc1ccc(-n2c(-c3nonc3N)nc3cnccc32)cc1)C(N)=O. The van der Waals surface area contributed by atoms with Crippen LogP contribution in [0.3, 0.4) is 0 Å². The minimum absolute atomic E-state index is 0.132. The summed E-state index contributed by atoms with van der Waals surface area (Å²) in [6, 6.07) is 17.9. The second kappa shape index (κ2) is 14.3. The van der Waals surface area contributed by atoms with Crippen molar-refractivity contribution >= 4 is 45.5 Å². The van der Waals surface area contributed by atoms with Gasteiger partial charge in [0.2, 0.25) is 0 Å². The Morgan fingerprint density at radius 1 is 0.691 bits per heavy atom. The smallest absolute Gasteiger partial charge is 0.261 e. The number of pyridine rings is 2. The van der Waals surface area contributed by atoms with Crippen molar-refractivity contribution in [2.45, 2.75) is 32.5 Å². The first-order chi connectivity index (χ1) is 26.4. The van der Waals surface area contributed by atoms with Gasteiger partial charge in [-0.2, -0.15) is 0 Å². The van der Waals surface area contributed by atoms with E-state index in [-0.39, 0.29) is 11.6 Å². The van der Waals surface area contributed by atoms with Gasteiger partial charge in [0.1, 0.15) is 22.5 Å². The van der Waals surface area contributed by atoms with E-state index in [4.69, 9.17) is 41.7 Å². The molecule has 0 aliphatic carbocycles. The van der Waals surface area contributed by atoms with Gasteiger partial charge in [-0.05, 0) is 102 Å². The zero-order valence-electron chi connectivity index (χ0n) is 29.4. The number of rotatable bonds is 10. The van der Waals surface area contributed by atoms with Gasteiger partial charge in [-0.15, -0.1) is 0 Å². The molecule has 20 heteroatoms. The summed E-state index contributed by atoms with van der Waals surface area (Å²) in [5, 5.41) is 15.0. The monoisotopic (exact) mass is 744 g/mol. The summed E-state index contributed by atoms with van der Waals surface area (Å²) in [6.07, 6.45) is 5.90. The molecule has 8 N–H and O–H groups in total. The number of amides is 2. The molecule has 2 amide bonds. The maximum absolute atomic E-state index is 11.5. The van der Waals surface area contributed by atoms with Crippen LogP contribution in [0.1, 0.15) is 20.8 Å². The van der Waals surface area contributed by atoms with Crippen molar-refractivity contribution in [3.05, 3.63) is 85.5 Å². The van der Waals surface area contributed by atoms with Crippen LogP contribution in [0, 0.1) is 0 Å². The Morgan fingerprint density at radius 3 is 1.55 bits per heavy atom. The van der Waals surface area contributed by atoms with Crippen LogP contribution in [-0.4, -0.2) is 73.2 Å². The van der Waals surface area contributed by atoms with Gasteiger partial charge in [-0.25, -0.2) is 19.2 Å². The lowest BCUT2D eigenvalue weighted by Crippen LogP contribution is -2.43. The lowest BCUT2D eigenvalue weighted by atomic mass is 10.1. The Hall–Kier alpha value is -7.90. The fourth-order valence-electron chi connectivity index (χ4n) is 5.35. The second-order valence-corrected chi connectivity index (χ2v) is 12.4. The second-order valence-electron chi connectivity index (χ2n) is 12.4. The Morgan fingerprint density at radius 2 is 1.15 bits per heavy atom. The molecule has 8 aromatic rings. The highest BCUT2D eigenvalue weighted by molar-refractivity contribution is 5.85. The minimum atomic E-state index is -1.12. The van der Waals surface area contributed by atoms with Crippen LogP contribution in [0.25, 0.3) is 56.5 Å². The van der Waals surface area contributed by atoms with Crippen molar-refractivity contribution < 1.29 is 28.3 Å². The number of carbonyl (C=O) groups excluding carboxylic acids is 2. The molecular weight excluding hydrogens is 712 g/mol. The zero-order chi connectivity index (χ0) is 38.9. The molecule has 278 valence electrons. The third-order valence-electron chi connectivity index (χ3n) is 8.23. The Bertz CT molecular complexity index is 2640. The molecule has 0 saturated heterocycles. The number of anilines is 2. The first-order valence-electron chi connectivity index (χ1n) is 16.4. The summed E-state index contributed by atoms with van der Waals surface area (Å²) < 4.78 is 24.3. The van der Waals surface area contributed by atoms with Gasteiger partial charge in [0, 0.05) is 23.8 Å². The van der Waals surface area contributed by atoms with Crippen LogP contribution in [0.15, 0.2) is 94.7 Å². The molecule has 1 atom stereocenters. The third-order valence-corrected chi connectivity index (χ3v) is 8.23. The average molecular weight is 745 g/mol. The molecule has 0 spiro atoms. The minimum Gasteiger partial charge on any atom is -0.481 e. The fourth-order valence-corrected chi connectivity index (χ4v) is 5.35. The Balaban J connectivity index is 0.000000169. The first kappa shape index (κ1) is 35.5. The number of fused-ring (bicyclic) bond motifs is 2. The Kier molecular flexibility index (Phi) is 9.20. The van der Waals surface area contributed by atoms with Gasteiger partial charge in [0.05, 0.1) is 23.4 Å². The van der Waals surface area contributed by atoms with Gasteiger partial charge in [0.25, 0.3) is 11.8 Å². The Labute approximate surface area is 310 Å². The van der Waals surface area contributed by atoms with E-state index in [1.165, 1.54) is 0 Å². The molecule has 0 aliphatic rings. The molecule has 6 heterocycles. The maximum atomic E-state index is 11.5. The molecular formula is C35H32N14O6. The zero-order valence-corrected chi connectivity index (χ0v) is 29.4. The third kappa shape index (κ3) is 7.01. The topological polar surface area (TPSA) is 296 Å². The van der Waals surface area contributed by atoms with Crippen LogP contribution in [0.5, 0.6) is 11.5 Å². The van der Waals surface area contributed by atoms with E-state index in [9.17, 15) is 9.59 Å². The predicted octanol–water partition coefficient (Wildman–Crippen LogP) is 3.00. The van der Waals surface area contributed by atoms with Crippen molar-refractivity contribution in [1.29, 1.82) is 0 Å². The number of nitrogens with zero attached hydrogens (tertiary/aromatic N) is 10. The number of ether oxygens (including phenoxy) is 2. The summed E-state index contributed by atoms with van der Waals surface area (Å²) >= 11 is 0. The van der Waals surface area contributed by atoms with Crippen LogP contribution >= 0.6 is 0 Å². The lowest BCUT2D eigenvalue weighted by Gasteiger charge is -2.22. The number of carbonyl (C=O) groups is 2. The standard InChI is InChI=1S/C18H17N7O3.C17H15N7O3/c1-18(2,17(20)26)27-11-5-3-10(4-6-11)25-13-7-8-21-9-12(13)22-16(25)14-15(19)24-28-23-14;1-9(16(19)25)26-11-4-2-10(3-5-11)24-13-6-7-20-8-12(13)21-17(24)14-15(18)23-27-22-14/h3-9H,1-2H3,(H2,19,24)(H2,20,26);2-9H,1H3,(H2,18,23)(H2,19,25). The van der Waals surface area contributed by atoms with E-state index in [2.05, 4.69) is 40.6 Å². The number of primary amides is 2. The van der Waals surface area contributed by atoms with Crippen molar-refractivity contribution in [3.8, 4) is 45.9 Å². The van der Waals surface area contributed by atoms with Crippen LogP contribution in [0.2, 0.25) is 0 Å². The lowest BCUT2D eigenvalue weighted by molar-refractivity contribution is -0.130. The molecule has 8 rings (SSSR count). The van der Waals surface area contributed by atoms with Gasteiger partial charge < -0.3 is 32.4 Å². The number of hydrogen-bond donors (Lipinski definition) is 4. The molecule has 20 nitrogen and oxygen atoms in total. The average Bonchev–Trinajstić information content (AvgIpc) is 3.97. The number of aromatic nitrogens is 10. The van der Waals surface area contributed by atoms with E-state index in [0.29, 0.717) is 45.6 Å². The summed E-state index contributed by atoms with van der Waals surface area (Å²) in [6.45, 7) is 4.81. The van der Waals surface area contributed by atoms with Crippen molar-refractivity contribution in [3.63, 3.8) is 0 Å². The van der Waals surface area contributed by atoms with Crippen molar-refractivity contribution in [2.24, 2.45) is 11.5 Å². The fraction of sp³-hybridized carbons (Fsp3) is 0.143. The largest absolute Gasteiger partial charge is 0.481 e. The molecule has 0 fully saturated rings. The van der Waals surface area contributed by atoms with Crippen molar-refractivity contribution in [1.82, 2.24) is 49.7 Å². The van der Waals surface area contributed by atoms with Crippen LogP contribution in [-0.2, 0) is 9.59 Å². The van der Waals surface area contributed by atoms with Gasteiger partial charge in [0.15, 0.2) is 46.4 Å². The van der Waals surface area contributed by atoms with Crippen LogP contribution in [0.4, 0.5) is 11.6 Å². The van der Waals surface area contributed by atoms with E-state index in [0.717, 1.165) is 22.4 Å². The summed E-state index contributed by atoms with van der Waals surface area (Å²) in [4.78, 5) is 40.0. The maximum Gasteiger partial charge on any atom is 0.261 e. The predicted molar refractivity (Wildman–Crippen MR) is 196 cm³/mol. The molecule has 6 aromatic heterocycles. The number of imidazole rings is 2. The van der Waals surface area contributed by atoms with E-state index >= 15 is 0 Å². The normalized spacial score (nSPS) is 11.9. The molecule has 0 saturated carbocycles.